The maximum atomic E-state index is 9.97. The number of para-hydroxylation sites is 1. The molecule has 86 valence electrons. The number of fused-ring (bicyclic) bond motifs is 1. The van der Waals surface area contributed by atoms with Crippen LogP contribution in [0.5, 0.6) is 0 Å². The lowest BCUT2D eigenvalue weighted by Crippen LogP contribution is -2.11. The summed E-state index contributed by atoms with van der Waals surface area (Å²) in [6, 6.07) is 7.66. The molecule has 0 radical (unpaired) electrons. The molecule has 3 nitrogen and oxygen atoms in total. The van der Waals surface area contributed by atoms with Crippen LogP contribution in [0.25, 0.3) is 11.0 Å². The van der Waals surface area contributed by atoms with E-state index < -0.39 is 6.10 Å². The van der Waals surface area contributed by atoms with Crippen LogP contribution in [-0.4, -0.2) is 17.8 Å². The Hall–Kier alpha value is -1.32. The van der Waals surface area contributed by atoms with Crippen molar-refractivity contribution in [1.29, 1.82) is 0 Å². The van der Waals surface area contributed by atoms with Crippen molar-refractivity contribution in [3.05, 3.63) is 36.1 Å². The fraction of sp³-hybridized carbons (Fsp3) is 0.385. The van der Waals surface area contributed by atoms with Crippen LogP contribution in [-0.2, 0) is 4.74 Å². The van der Waals surface area contributed by atoms with Crippen LogP contribution in [0.2, 0.25) is 0 Å². The van der Waals surface area contributed by atoms with Crippen molar-refractivity contribution in [2.24, 2.45) is 0 Å². The van der Waals surface area contributed by atoms with E-state index in [1.807, 2.05) is 38.1 Å². The monoisotopic (exact) mass is 220 g/mol. The van der Waals surface area contributed by atoms with Crippen molar-refractivity contribution in [2.45, 2.75) is 26.1 Å². The van der Waals surface area contributed by atoms with Gasteiger partial charge >= 0.3 is 0 Å². The Morgan fingerprint density at radius 3 is 2.81 bits per heavy atom. The lowest BCUT2D eigenvalue weighted by Gasteiger charge is -2.12. The van der Waals surface area contributed by atoms with Gasteiger partial charge in [0.2, 0.25) is 0 Å². The lowest BCUT2D eigenvalue weighted by atomic mass is 10.1. The predicted molar refractivity (Wildman–Crippen MR) is 62.3 cm³/mol. The summed E-state index contributed by atoms with van der Waals surface area (Å²) >= 11 is 0. The first kappa shape index (κ1) is 11.2. The summed E-state index contributed by atoms with van der Waals surface area (Å²) in [5.41, 5.74) is 1.58. The standard InChI is InChI=1S/C13H16O3/c1-9(2)15-8-12(14)11-7-16-13-6-4-3-5-10(11)13/h3-7,9,12,14H,8H2,1-2H3. The first-order valence-electron chi connectivity index (χ1n) is 5.44. The number of aliphatic hydroxyl groups is 1. The minimum absolute atomic E-state index is 0.118. The molecule has 0 fully saturated rings. The molecule has 1 aromatic heterocycles. The number of rotatable bonds is 4. The van der Waals surface area contributed by atoms with E-state index in [4.69, 9.17) is 9.15 Å². The summed E-state index contributed by atoms with van der Waals surface area (Å²) in [5, 5.41) is 10.9. The van der Waals surface area contributed by atoms with Crippen LogP contribution < -0.4 is 0 Å². The maximum Gasteiger partial charge on any atom is 0.134 e. The highest BCUT2D eigenvalue weighted by molar-refractivity contribution is 5.81. The van der Waals surface area contributed by atoms with E-state index >= 15 is 0 Å². The molecule has 0 aliphatic rings. The quantitative estimate of drug-likeness (QED) is 0.861. The first-order chi connectivity index (χ1) is 7.68. The molecule has 1 unspecified atom stereocenters. The van der Waals surface area contributed by atoms with Gasteiger partial charge in [0.25, 0.3) is 0 Å². The van der Waals surface area contributed by atoms with Crippen molar-refractivity contribution in [3.63, 3.8) is 0 Å². The molecule has 1 atom stereocenters. The minimum Gasteiger partial charge on any atom is -0.464 e. The largest absolute Gasteiger partial charge is 0.464 e. The van der Waals surface area contributed by atoms with Gasteiger partial charge in [-0.25, -0.2) is 0 Å². The molecule has 0 bridgehead atoms. The van der Waals surface area contributed by atoms with Gasteiger partial charge in [0.1, 0.15) is 11.7 Å². The maximum absolute atomic E-state index is 9.97. The molecule has 16 heavy (non-hydrogen) atoms. The third kappa shape index (κ3) is 2.26. The van der Waals surface area contributed by atoms with Gasteiger partial charge in [-0.1, -0.05) is 18.2 Å². The number of benzene rings is 1. The fourth-order valence-electron chi connectivity index (χ4n) is 1.63. The van der Waals surface area contributed by atoms with Crippen LogP contribution in [0.1, 0.15) is 25.5 Å². The van der Waals surface area contributed by atoms with Crippen molar-refractivity contribution in [1.82, 2.24) is 0 Å². The second kappa shape index (κ2) is 4.68. The van der Waals surface area contributed by atoms with Crippen LogP contribution in [0, 0.1) is 0 Å². The Kier molecular flexibility index (Phi) is 3.27. The molecule has 1 heterocycles. The Labute approximate surface area is 94.6 Å². The Morgan fingerprint density at radius 1 is 1.31 bits per heavy atom. The average Bonchev–Trinajstić information content (AvgIpc) is 2.69. The van der Waals surface area contributed by atoms with E-state index in [9.17, 15) is 5.11 Å². The summed E-state index contributed by atoms with van der Waals surface area (Å²) in [6.07, 6.45) is 1.08. The SMILES string of the molecule is CC(C)OCC(O)c1coc2ccccc12. The van der Waals surface area contributed by atoms with Crippen LogP contribution in [0.4, 0.5) is 0 Å². The minimum atomic E-state index is -0.633. The Morgan fingerprint density at radius 2 is 2.06 bits per heavy atom. The summed E-state index contributed by atoms with van der Waals surface area (Å²) < 4.78 is 10.7. The first-order valence-corrected chi connectivity index (χ1v) is 5.44. The molecule has 1 N–H and O–H groups in total. The summed E-state index contributed by atoms with van der Waals surface area (Å²) in [6.45, 7) is 4.18. The highest BCUT2D eigenvalue weighted by Crippen LogP contribution is 2.26. The zero-order chi connectivity index (χ0) is 11.5. The lowest BCUT2D eigenvalue weighted by molar-refractivity contribution is 0.00520. The molecule has 0 amide bonds. The summed E-state index contributed by atoms with van der Waals surface area (Å²) in [4.78, 5) is 0. The fourth-order valence-corrected chi connectivity index (χ4v) is 1.63. The highest BCUT2D eigenvalue weighted by Gasteiger charge is 2.14. The van der Waals surface area contributed by atoms with Crippen molar-refractivity contribution < 1.29 is 14.3 Å². The molecule has 3 heteroatoms. The van der Waals surface area contributed by atoms with E-state index in [0.29, 0.717) is 6.61 Å². The van der Waals surface area contributed by atoms with Gasteiger partial charge in [-0.05, 0) is 19.9 Å². The van der Waals surface area contributed by atoms with Gasteiger partial charge in [0.05, 0.1) is 19.0 Å². The molecule has 0 saturated heterocycles. The summed E-state index contributed by atoms with van der Waals surface area (Å²) in [5.74, 6) is 0. The number of aliphatic hydroxyl groups excluding tert-OH is 1. The molecular formula is C13H16O3. The van der Waals surface area contributed by atoms with Crippen LogP contribution in [0.15, 0.2) is 34.9 Å². The molecule has 2 rings (SSSR count). The molecule has 0 saturated carbocycles. The van der Waals surface area contributed by atoms with E-state index in [1.165, 1.54) is 0 Å². The smallest absolute Gasteiger partial charge is 0.134 e. The van der Waals surface area contributed by atoms with Crippen LogP contribution in [0.3, 0.4) is 0 Å². The predicted octanol–water partition coefficient (Wildman–Crippen LogP) is 2.89. The van der Waals surface area contributed by atoms with Crippen molar-refractivity contribution in [2.75, 3.05) is 6.61 Å². The van der Waals surface area contributed by atoms with Gasteiger partial charge in [0, 0.05) is 10.9 Å². The molecular weight excluding hydrogens is 204 g/mol. The van der Waals surface area contributed by atoms with E-state index in [2.05, 4.69) is 0 Å². The third-order valence-corrected chi connectivity index (χ3v) is 2.46. The number of furan rings is 1. The van der Waals surface area contributed by atoms with E-state index in [1.54, 1.807) is 6.26 Å². The van der Waals surface area contributed by atoms with E-state index in [0.717, 1.165) is 16.5 Å². The van der Waals surface area contributed by atoms with Gasteiger partial charge in [0.15, 0.2) is 0 Å². The highest BCUT2D eigenvalue weighted by atomic mass is 16.5. The Bertz CT molecular complexity index is 459. The molecule has 1 aromatic carbocycles. The third-order valence-electron chi connectivity index (χ3n) is 2.46. The molecule has 0 spiro atoms. The molecule has 0 aliphatic carbocycles. The summed E-state index contributed by atoms with van der Waals surface area (Å²) in [7, 11) is 0. The Balaban J connectivity index is 2.19. The second-order valence-corrected chi connectivity index (χ2v) is 4.09. The molecule has 2 aromatic rings. The topological polar surface area (TPSA) is 42.6 Å². The number of hydrogen-bond acceptors (Lipinski definition) is 3. The zero-order valence-corrected chi connectivity index (χ0v) is 9.51. The van der Waals surface area contributed by atoms with Crippen molar-refractivity contribution >= 4 is 11.0 Å². The normalized spacial score (nSPS) is 13.5. The van der Waals surface area contributed by atoms with Gasteiger partial charge in [-0.15, -0.1) is 0 Å². The van der Waals surface area contributed by atoms with Crippen LogP contribution >= 0.6 is 0 Å². The van der Waals surface area contributed by atoms with Gasteiger partial charge in [-0.2, -0.15) is 0 Å². The second-order valence-electron chi connectivity index (χ2n) is 4.09. The van der Waals surface area contributed by atoms with E-state index in [-0.39, 0.29) is 6.10 Å². The zero-order valence-electron chi connectivity index (χ0n) is 9.51. The number of hydrogen-bond donors (Lipinski definition) is 1. The van der Waals surface area contributed by atoms with Gasteiger partial charge < -0.3 is 14.3 Å². The number of ether oxygens (including phenoxy) is 1. The molecule has 0 aliphatic heterocycles. The van der Waals surface area contributed by atoms with Crippen molar-refractivity contribution in [3.8, 4) is 0 Å². The van der Waals surface area contributed by atoms with Gasteiger partial charge in [-0.3, -0.25) is 0 Å². The average molecular weight is 220 g/mol.